The molecule has 164 valence electrons. The van der Waals surface area contributed by atoms with Crippen LogP contribution in [0.2, 0.25) is 0 Å². The van der Waals surface area contributed by atoms with Crippen LogP contribution in [0.5, 0.6) is 0 Å². The SMILES string of the molecule is CCOC(=O)C(CCCCCC1=CCCC1=NOC)(C(=O)OCC)c1ccccc1. The average Bonchev–Trinajstić information content (AvgIpc) is 3.19. The number of hydrogen-bond donors (Lipinski definition) is 0. The molecule has 2 rings (SSSR count). The molecule has 1 aliphatic rings. The first-order valence-electron chi connectivity index (χ1n) is 10.8. The molecule has 0 spiro atoms. The van der Waals surface area contributed by atoms with Crippen LogP contribution in [0.3, 0.4) is 0 Å². The van der Waals surface area contributed by atoms with E-state index in [4.69, 9.17) is 14.3 Å². The maximum absolute atomic E-state index is 13.0. The zero-order valence-electron chi connectivity index (χ0n) is 18.3. The van der Waals surface area contributed by atoms with Gasteiger partial charge in [-0.2, -0.15) is 0 Å². The van der Waals surface area contributed by atoms with E-state index in [1.807, 2.05) is 18.2 Å². The van der Waals surface area contributed by atoms with Gasteiger partial charge in [-0.1, -0.05) is 54.4 Å². The van der Waals surface area contributed by atoms with Gasteiger partial charge < -0.3 is 14.3 Å². The molecule has 0 amide bonds. The Morgan fingerprint density at radius 3 is 2.27 bits per heavy atom. The molecule has 0 atom stereocenters. The van der Waals surface area contributed by atoms with Crippen LogP contribution >= 0.6 is 0 Å². The Labute approximate surface area is 179 Å². The molecular weight excluding hydrogens is 382 g/mol. The highest BCUT2D eigenvalue weighted by Gasteiger charge is 2.49. The van der Waals surface area contributed by atoms with Crippen molar-refractivity contribution in [3.63, 3.8) is 0 Å². The lowest BCUT2D eigenvalue weighted by atomic mass is 9.76. The van der Waals surface area contributed by atoms with Gasteiger partial charge in [-0.05, 0) is 57.1 Å². The van der Waals surface area contributed by atoms with Crippen LogP contribution in [-0.2, 0) is 29.3 Å². The number of rotatable bonds is 12. The number of allylic oxidation sites excluding steroid dienone is 2. The Balaban J connectivity index is 2.10. The third kappa shape index (κ3) is 5.71. The summed E-state index contributed by atoms with van der Waals surface area (Å²) in [5, 5.41) is 4.10. The highest BCUT2D eigenvalue weighted by atomic mass is 16.6. The molecule has 6 nitrogen and oxygen atoms in total. The monoisotopic (exact) mass is 415 g/mol. The predicted octanol–water partition coefficient (Wildman–Crippen LogP) is 4.72. The summed E-state index contributed by atoms with van der Waals surface area (Å²) in [7, 11) is 1.57. The Morgan fingerprint density at radius 1 is 1.00 bits per heavy atom. The van der Waals surface area contributed by atoms with E-state index < -0.39 is 17.4 Å². The zero-order chi connectivity index (χ0) is 21.8. The Kier molecular flexibility index (Phi) is 9.58. The van der Waals surface area contributed by atoms with Crippen molar-refractivity contribution in [2.24, 2.45) is 5.16 Å². The van der Waals surface area contributed by atoms with Crippen LogP contribution in [0.15, 0.2) is 47.1 Å². The van der Waals surface area contributed by atoms with E-state index in [0.717, 1.165) is 37.8 Å². The zero-order valence-corrected chi connectivity index (χ0v) is 18.3. The lowest BCUT2D eigenvalue weighted by molar-refractivity contribution is -0.165. The summed E-state index contributed by atoms with van der Waals surface area (Å²) in [6.45, 7) is 3.91. The summed E-state index contributed by atoms with van der Waals surface area (Å²) in [4.78, 5) is 30.9. The number of carbonyl (C=O) groups is 2. The number of ether oxygens (including phenoxy) is 2. The molecule has 0 heterocycles. The topological polar surface area (TPSA) is 74.2 Å². The van der Waals surface area contributed by atoms with E-state index in [1.54, 1.807) is 33.1 Å². The van der Waals surface area contributed by atoms with Gasteiger partial charge >= 0.3 is 11.9 Å². The highest BCUT2D eigenvalue weighted by molar-refractivity contribution is 6.06. The molecule has 0 saturated carbocycles. The standard InChI is InChI=1S/C24H33NO5/c1-4-29-22(26)24(23(27)30-5-2,20-15-9-6-10-16-20)18-11-7-8-13-19-14-12-17-21(19)25-28-3/h6,9-10,14-16H,4-5,7-8,11-13,17-18H2,1-3H3. The van der Waals surface area contributed by atoms with Crippen molar-refractivity contribution < 1.29 is 23.9 Å². The molecule has 0 N–H and O–H groups in total. The molecular formula is C24H33NO5. The molecule has 0 aliphatic heterocycles. The Morgan fingerprint density at radius 2 is 1.67 bits per heavy atom. The van der Waals surface area contributed by atoms with Crippen LogP contribution < -0.4 is 0 Å². The molecule has 0 bridgehead atoms. The van der Waals surface area contributed by atoms with E-state index in [-0.39, 0.29) is 13.2 Å². The fraction of sp³-hybridized carbons (Fsp3) is 0.542. The van der Waals surface area contributed by atoms with Gasteiger partial charge in [0.05, 0.1) is 18.9 Å². The van der Waals surface area contributed by atoms with Gasteiger partial charge in [-0.15, -0.1) is 0 Å². The van der Waals surface area contributed by atoms with E-state index >= 15 is 0 Å². The van der Waals surface area contributed by atoms with Crippen LogP contribution in [-0.4, -0.2) is 38.0 Å². The van der Waals surface area contributed by atoms with Crippen molar-refractivity contribution in [3.8, 4) is 0 Å². The van der Waals surface area contributed by atoms with Gasteiger partial charge in [-0.3, -0.25) is 9.59 Å². The number of carbonyl (C=O) groups excluding carboxylic acids is 2. The summed E-state index contributed by atoms with van der Waals surface area (Å²) in [6.07, 6.45) is 7.94. The average molecular weight is 416 g/mol. The quantitative estimate of drug-likeness (QED) is 0.214. The predicted molar refractivity (Wildman–Crippen MR) is 116 cm³/mol. The number of nitrogens with zero attached hydrogens (tertiary/aromatic N) is 1. The first-order valence-corrected chi connectivity index (χ1v) is 10.8. The Hall–Kier alpha value is -2.63. The summed E-state index contributed by atoms with van der Waals surface area (Å²) in [5.41, 5.74) is 1.45. The number of hydrogen-bond acceptors (Lipinski definition) is 6. The minimum absolute atomic E-state index is 0.211. The fourth-order valence-electron chi connectivity index (χ4n) is 3.90. The van der Waals surface area contributed by atoms with Gasteiger partial charge in [0.1, 0.15) is 7.11 Å². The van der Waals surface area contributed by atoms with Gasteiger partial charge in [0.15, 0.2) is 5.41 Å². The molecule has 1 aromatic carbocycles. The first kappa shape index (κ1) is 23.6. The largest absolute Gasteiger partial charge is 0.465 e. The smallest absolute Gasteiger partial charge is 0.328 e. The van der Waals surface area contributed by atoms with Crippen LogP contribution in [0.25, 0.3) is 0 Å². The maximum atomic E-state index is 13.0. The third-order valence-corrected chi connectivity index (χ3v) is 5.36. The minimum Gasteiger partial charge on any atom is -0.465 e. The van der Waals surface area contributed by atoms with Crippen LogP contribution in [0, 0.1) is 0 Å². The molecule has 0 fully saturated rings. The van der Waals surface area contributed by atoms with Crippen LogP contribution in [0.1, 0.15) is 64.4 Å². The molecule has 30 heavy (non-hydrogen) atoms. The summed E-state index contributed by atoms with van der Waals surface area (Å²) < 4.78 is 10.7. The lowest BCUT2D eigenvalue weighted by Crippen LogP contribution is -2.46. The summed E-state index contributed by atoms with van der Waals surface area (Å²) in [6, 6.07) is 9.10. The van der Waals surface area contributed by atoms with E-state index in [2.05, 4.69) is 11.2 Å². The first-order chi connectivity index (χ1) is 14.6. The second kappa shape index (κ2) is 12.2. The van der Waals surface area contributed by atoms with Crippen molar-refractivity contribution in [3.05, 3.63) is 47.5 Å². The lowest BCUT2D eigenvalue weighted by Gasteiger charge is -2.29. The molecule has 1 aliphatic carbocycles. The normalized spacial score (nSPS) is 15.0. The maximum Gasteiger partial charge on any atom is 0.328 e. The third-order valence-electron chi connectivity index (χ3n) is 5.36. The minimum atomic E-state index is -1.43. The van der Waals surface area contributed by atoms with Gasteiger partial charge in [0.25, 0.3) is 0 Å². The van der Waals surface area contributed by atoms with E-state index in [9.17, 15) is 9.59 Å². The molecule has 0 aromatic heterocycles. The number of esters is 2. The summed E-state index contributed by atoms with van der Waals surface area (Å²) >= 11 is 0. The summed E-state index contributed by atoms with van der Waals surface area (Å²) in [5.74, 6) is -1.08. The van der Waals surface area contributed by atoms with Gasteiger partial charge in [0.2, 0.25) is 0 Å². The van der Waals surface area contributed by atoms with Crippen molar-refractivity contribution in [1.82, 2.24) is 0 Å². The van der Waals surface area contributed by atoms with Crippen molar-refractivity contribution in [1.29, 1.82) is 0 Å². The van der Waals surface area contributed by atoms with Crippen LogP contribution in [0.4, 0.5) is 0 Å². The Bertz CT molecular complexity index is 736. The molecule has 1 aromatic rings. The van der Waals surface area contributed by atoms with E-state index in [1.165, 1.54) is 5.57 Å². The van der Waals surface area contributed by atoms with Gasteiger partial charge in [0, 0.05) is 0 Å². The number of unbranched alkanes of at least 4 members (excludes halogenated alkanes) is 2. The molecule has 6 heteroatoms. The second-order valence-electron chi connectivity index (χ2n) is 7.26. The van der Waals surface area contributed by atoms with E-state index in [0.29, 0.717) is 18.4 Å². The molecule has 0 unspecified atom stereocenters. The second-order valence-corrected chi connectivity index (χ2v) is 7.26. The highest BCUT2D eigenvalue weighted by Crippen LogP contribution is 2.34. The van der Waals surface area contributed by atoms with Crippen molar-refractivity contribution >= 4 is 17.7 Å². The van der Waals surface area contributed by atoms with Crippen molar-refractivity contribution in [2.75, 3.05) is 20.3 Å². The number of oxime groups is 1. The number of benzene rings is 1. The van der Waals surface area contributed by atoms with Crippen molar-refractivity contribution in [2.45, 2.75) is 64.2 Å². The molecule has 0 radical (unpaired) electrons. The van der Waals surface area contributed by atoms with Gasteiger partial charge in [-0.25, -0.2) is 0 Å². The fourth-order valence-corrected chi connectivity index (χ4v) is 3.90. The molecule has 0 saturated heterocycles.